The number of ether oxygens (including phenoxy) is 2. The van der Waals surface area contributed by atoms with Gasteiger partial charge in [0.05, 0.1) is 19.7 Å². The van der Waals surface area contributed by atoms with Crippen molar-refractivity contribution in [3.8, 4) is 11.5 Å². The Morgan fingerprint density at radius 2 is 1.79 bits per heavy atom. The molecule has 0 fully saturated rings. The highest BCUT2D eigenvalue weighted by Crippen LogP contribution is 2.31. The van der Waals surface area contributed by atoms with Gasteiger partial charge in [-0.25, -0.2) is 0 Å². The van der Waals surface area contributed by atoms with Crippen molar-refractivity contribution in [1.29, 1.82) is 0 Å². The highest BCUT2D eigenvalue weighted by Gasteiger charge is 2.07. The lowest BCUT2D eigenvalue weighted by molar-refractivity contribution is 0.356. The molecule has 2 rings (SSSR count). The van der Waals surface area contributed by atoms with Gasteiger partial charge in [0, 0.05) is 17.6 Å². The number of rotatable bonds is 2. The van der Waals surface area contributed by atoms with Gasteiger partial charge in [-0.3, -0.25) is 4.68 Å². The van der Waals surface area contributed by atoms with Gasteiger partial charge in [-0.05, 0) is 12.1 Å². The average molecular weight is 192 g/mol. The van der Waals surface area contributed by atoms with E-state index < -0.39 is 0 Å². The van der Waals surface area contributed by atoms with Crippen molar-refractivity contribution >= 4 is 10.9 Å². The third-order valence-corrected chi connectivity index (χ3v) is 2.23. The first-order valence-electron chi connectivity index (χ1n) is 4.24. The zero-order valence-electron chi connectivity index (χ0n) is 8.15. The lowest BCUT2D eigenvalue weighted by Gasteiger charge is -2.07. The van der Waals surface area contributed by atoms with Crippen molar-refractivity contribution in [2.24, 2.45) is 0 Å². The molecule has 74 valence electrons. The van der Waals surface area contributed by atoms with Crippen LogP contribution in [0.3, 0.4) is 0 Å². The SMILES string of the molecule is COc1cc2ccn(N)c2cc1OC. The number of nitrogens with two attached hydrogens (primary N) is 1. The van der Waals surface area contributed by atoms with Crippen molar-refractivity contribution in [1.82, 2.24) is 4.68 Å². The van der Waals surface area contributed by atoms with E-state index in [1.54, 1.807) is 25.1 Å². The molecule has 0 bridgehead atoms. The number of aromatic nitrogens is 1. The molecular weight excluding hydrogens is 180 g/mol. The van der Waals surface area contributed by atoms with E-state index in [0.29, 0.717) is 11.5 Å². The lowest BCUT2D eigenvalue weighted by Crippen LogP contribution is -2.05. The molecule has 0 amide bonds. The third kappa shape index (κ3) is 1.16. The summed E-state index contributed by atoms with van der Waals surface area (Å²) in [6.07, 6.45) is 1.80. The maximum atomic E-state index is 5.71. The number of nitrogens with zero attached hydrogens (tertiary/aromatic N) is 1. The fourth-order valence-electron chi connectivity index (χ4n) is 1.48. The molecule has 4 nitrogen and oxygen atoms in total. The second-order valence-electron chi connectivity index (χ2n) is 2.99. The van der Waals surface area contributed by atoms with Crippen LogP contribution in [0.2, 0.25) is 0 Å². The van der Waals surface area contributed by atoms with E-state index in [0.717, 1.165) is 10.9 Å². The zero-order chi connectivity index (χ0) is 10.1. The quantitative estimate of drug-likeness (QED) is 0.731. The predicted octanol–water partition coefficient (Wildman–Crippen LogP) is 1.37. The van der Waals surface area contributed by atoms with Crippen LogP contribution in [0.25, 0.3) is 10.9 Å². The summed E-state index contributed by atoms with van der Waals surface area (Å²) >= 11 is 0. The second-order valence-corrected chi connectivity index (χ2v) is 2.99. The van der Waals surface area contributed by atoms with Crippen molar-refractivity contribution in [3.05, 3.63) is 24.4 Å². The fraction of sp³-hybridized carbons (Fsp3) is 0.200. The number of hydrogen-bond donors (Lipinski definition) is 1. The van der Waals surface area contributed by atoms with Gasteiger partial charge in [0.15, 0.2) is 11.5 Å². The van der Waals surface area contributed by atoms with Crippen LogP contribution in [0, 0.1) is 0 Å². The summed E-state index contributed by atoms with van der Waals surface area (Å²) in [5, 5.41) is 1.03. The van der Waals surface area contributed by atoms with Gasteiger partial charge in [0.25, 0.3) is 0 Å². The maximum Gasteiger partial charge on any atom is 0.162 e. The van der Waals surface area contributed by atoms with Gasteiger partial charge < -0.3 is 15.3 Å². The molecule has 1 heterocycles. The molecule has 2 aromatic rings. The monoisotopic (exact) mass is 192 g/mol. The smallest absolute Gasteiger partial charge is 0.162 e. The molecule has 1 aromatic heterocycles. The first-order valence-corrected chi connectivity index (χ1v) is 4.24. The Morgan fingerprint density at radius 3 is 2.43 bits per heavy atom. The summed E-state index contributed by atoms with van der Waals surface area (Å²) in [6.45, 7) is 0. The van der Waals surface area contributed by atoms with E-state index in [2.05, 4.69) is 0 Å². The van der Waals surface area contributed by atoms with E-state index in [1.807, 2.05) is 18.2 Å². The molecular formula is C10H12N2O2. The largest absolute Gasteiger partial charge is 0.493 e. The van der Waals surface area contributed by atoms with Crippen molar-refractivity contribution in [2.45, 2.75) is 0 Å². The zero-order valence-corrected chi connectivity index (χ0v) is 8.15. The summed E-state index contributed by atoms with van der Waals surface area (Å²) in [5.41, 5.74) is 0.919. The van der Waals surface area contributed by atoms with Crippen molar-refractivity contribution in [3.63, 3.8) is 0 Å². The molecule has 0 aliphatic heterocycles. The maximum absolute atomic E-state index is 5.71. The summed E-state index contributed by atoms with van der Waals surface area (Å²) in [4.78, 5) is 0. The molecule has 0 saturated heterocycles. The average Bonchev–Trinajstić information content (AvgIpc) is 2.58. The topological polar surface area (TPSA) is 49.4 Å². The Hall–Kier alpha value is -1.84. The molecule has 0 atom stereocenters. The normalized spacial score (nSPS) is 10.4. The molecule has 0 radical (unpaired) electrons. The summed E-state index contributed by atoms with van der Waals surface area (Å²) < 4.78 is 11.9. The number of fused-ring (bicyclic) bond motifs is 1. The summed E-state index contributed by atoms with van der Waals surface area (Å²) in [7, 11) is 3.22. The number of methoxy groups -OCH3 is 2. The Kier molecular flexibility index (Phi) is 1.96. The molecule has 2 N–H and O–H groups in total. The van der Waals surface area contributed by atoms with Gasteiger partial charge in [0.2, 0.25) is 0 Å². The van der Waals surface area contributed by atoms with Crippen molar-refractivity contribution in [2.75, 3.05) is 20.1 Å². The van der Waals surface area contributed by atoms with E-state index in [4.69, 9.17) is 15.3 Å². The van der Waals surface area contributed by atoms with E-state index in [9.17, 15) is 0 Å². The van der Waals surface area contributed by atoms with Crippen molar-refractivity contribution < 1.29 is 9.47 Å². The standard InChI is InChI=1S/C10H12N2O2/c1-13-9-5-7-3-4-12(11)8(7)6-10(9)14-2/h3-6H,11H2,1-2H3. The Balaban J connectivity index is 2.71. The Labute approximate surface area is 81.8 Å². The highest BCUT2D eigenvalue weighted by atomic mass is 16.5. The molecule has 0 spiro atoms. The first kappa shape index (κ1) is 8.74. The van der Waals surface area contributed by atoms with Gasteiger partial charge >= 0.3 is 0 Å². The van der Waals surface area contributed by atoms with Crippen LogP contribution >= 0.6 is 0 Å². The van der Waals surface area contributed by atoms with E-state index in [1.165, 1.54) is 0 Å². The molecule has 14 heavy (non-hydrogen) atoms. The minimum Gasteiger partial charge on any atom is -0.493 e. The van der Waals surface area contributed by atoms with E-state index >= 15 is 0 Å². The number of hydrogen-bond acceptors (Lipinski definition) is 3. The fourth-order valence-corrected chi connectivity index (χ4v) is 1.48. The Morgan fingerprint density at radius 1 is 1.14 bits per heavy atom. The first-order chi connectivity index (χ1) is 6.76. The van der Waals surface area contributed by atoms with E-state index in [-0.39, 0.29) is 0 Å². The summed E-state index contributed by atoms with van der Waals surface area (Å²) in [6, 6.07) is 5.68. The number of nitrogen functional groups attached to an aromatic ring is 1. The highest BCUT2D eigenvalue weighted by molar-refractivity contribution is 5.84. The van der Waals surface area contributed by atoms with Gasteiger partial charge in [-0.1, -0.05) is 0 Å². The van der Waals surface area contributed by atoms with Crippen LogP contribution in [-0.2, 0) is 0 Å². The molecule has 0 aliphatic carbocycles. The van der Waals surface area contributed by atoms with Crippen LogP contribution in [-0.4, -0.2) is 18.9 Å². The predicted molar refractivity (Wildman–Crippen MR) is 55.2 cm³/mol. The second kappa shape index (κ2) is 3.14. The summed E-state index contributed by atoms with van der Waals surface area (Å²) in [5.74, 6) is 7.11. The molecule has 1 aromatic carbocycles. The minimum absolute atomic E-state index is 0.686. The third-order valence-electron chi connectivity index (χ3n) is 2.23. The Bertz CT molecular complexity index is 462. The van der Waals surface area contributed by atoms with Gasteiger partial charge in [-0.2, -0.15) is 0 Å². The number of benzene rings is 1. The van der Waals surface area contributed by atoms with Crippen LogP contribution in [0.1, 0.15) is 0 Å². The van der Waals surface area contributed by atoms with Crippen LogP contribution in [0.4, 0.5) is 0 Å². The van der Waals surface area contributed by atoms with Crippen LogP contribution in [0.15, 0.2) is 24.4 Å². The molecule has 0 saturated carbocycles. The van der Waals surface area contributed by atoms with Crippen LogP contribution in [0.5, 0.6) is 11.5 Å². The molecule has 0 aliphatic rings. The molecule has 4 heteroatoms. The molecule has 0 unspecified atom stereocenters. The lowest BCUT2D eigenvalue weighted by atomic mass is 10.2. The van der Waals surface area contributed by atoms with Gasteiger partial charge in [-0.15, -0.1) is 0 Å². The van der Waals surface area contributed by atoms with Gasteiger partial charge in [0.1, 0.15) is 0 Å². The minimum atomic E-state index is 0.686. The van der Waals surface area contributed by atoms with Crippen LogP contribution < -0.4 is 15.3 Å².